The Morgan fingerprint density at radius 1 is 0.967 bits per heavy atom. The van der Waals surface area contributed by atoms with E-state index >= 15 is 0 Å². The van der Waals surface area contributed by atoms with E-state index in [1.165, 1.54) is 11.1 Å². The summed E-state index contributed by atoms with van der Waals surface area (Å²) in [5.74, 6) is 0.780. The van der Waals surface area contributed by atoms with Crippen LogP contribution in [0.2, 0.25) is 0 Å². The summed E-state index contributed by atoms with van der Waals surface area (Å²) in [6.45, 7) is 7.54. The summed E-state index contributed by atoms with van der Waals surface area (Å²) in [5.41, 5.74) is 5.41. The molecule has 0 unspecified atom stereocenters. The molecule has 6 heteroatoms. The second-order valence-electron chi connectivity index (χ2n) is 7.65. The second-order valence-corrected chi connectivity index (χ2v) is 8.59. The van der Waals surface area contributed by atoms with Gasteiger partial charge in [0.15, 0.2) is 5.16 Å². The SMILES string of the molecule is Cc1ccc(CSc2nc3ccccc3c(=O)n2CCCn2nc(C)cc2C)cc1. The van der Waals surface area contributed by atoms with Crippen molar-refractivity contribution in [1.29, 1.82) is 0 Å². The molecule has 0 saturated heterocycles. The fraction of sp³-hybridized carbons (Fsp3) is 0.292. The number of hydrogen-bond donors (Lipinski definition) is 0. The maximum atomic E-state index is 13.2. The Morgan fingerprint density at radius 2 is 1.73 bits per heavy atom. The molecule has 0 bridgehead atoms. The van der Waals surface area contributed by atoms with Crippen molar-refractivity contribution in [1.82, 2.24) is 19.3 Å². The molecule has 2 heterocycles. The molecule has 0 atom stereocenters. The largest absolute Gasteiger partial charge is 0.287 e. The highest BCUT2D eigenvalue weighted by Gasteiger charge is 2.12. The Morgan fingerprint density at radius 3 is 2.47 bits per heavy atom. The average molecular weight is 419 g/mol. The molecular formula is C24H26N4OS. The molecule has 2 aromatic carbocycles. The fourth-order valence-corrected chi connectivity index (χ4v) is 4.55. The van der Waals surface area contributed by atoms with E-state index in [1.54, 1.807) is 11.8 Å². The first-order valence-corrected chi connectivity index (χ1v) is 11.2. The van der Waals surface area contributed by atoms with Gasteiger partial charge in [-0.25, -0.2) is 4.98 Å². The standard InChI is InChI=1S/C24H26N4OS/c1-17-9-11-20(12-10-17)16-30-24-25-22-8-5-4-7-21(22)23(29)27(24)13-6-14-28-19(3)15-18(2)26-28/h4-5,7-12,15H,6,13-14,16H2,1-3H3. The second kappa shape index (κ2) is 8.88. The van der Waals surface area contributed by atoms with Crippen molar-refractivity contribution < 1.29 is 0 Å². The van der Waals surface area contributed by atoms with Crippen molar-refractivity contribution in [3.63, 3.8) is 0 Å². The number of benzene rings is 2. The van der Waals surface area contributed by atoms with Crippen LogP contribution >= 0.6 is 11.8 Å². The zero-order chi connectivity index (χ0) is 21.1. The van der Waals surface area contributed by atoms with Crippen LogP contribution in [0.15, 0.2) is 64.5 Å². The van der Waals surface area contributed by atoms with Crippen LogP contribution in [0.5, 0.6) is 0 Å². The van der Waals surface area contributed by atoms with Crippen LogP contribution < -0.4 is 5.56 Å². The first kappa shape index (κ1) is 20.4. The minimum atomic E-state index is 0.0281. The molecule has 0 aliphatic rings. The first-order valence-electron chi connectivity index (χ1n) is 10.2. The predicted octanol–water partition coefficient (Wildman–Crippen LogP) is 4.90. The van der Waals surface area contributed by atoms with Gasteiger partial charge in [0.05, 0.1) is 16.6 Å². The monoisotopic (exact) mass is 418 g/mol. The van der Waals surface area contributed by atoms with Gasteiger partial charge in [-0.05, 0) is 51.0 Å². The first-order chi connectivity index (χ1) is 14.5. The summed E-state index contributed by atoms with van der Waals surface area (Å²) in [6.07, 6.45) is 0.819. The molecule has 154 valence electrons. The zero-order valence-corrected chi connectivity index (χ0v) is 18.4. The molecule has 0 saturated carbocycles. The van der Waals surface area contributed by atoms with E-state index in [9.17, 15) is 4.79 Å². The lowest BCUT2D eigenvalue weighted by atomic mass is 10.2. The molecule has 0 spiro atoms. The van der Waals surface area contributed by atoms with E-state index in [2.05, 4.69) is 49.3 Å². The number of nitrogens with zero attached hydrogens (tertiary/aromatic N) is 4. The van der Waals surface area contributed by atoms with Crippen LogP contribution in [0.3, 0.4) is 0 Å². The summed E-state index contributed by atoms with van der Waals surface area (Å²) in [5, 5.41) is 5.97. The lowest BCUT2D eigenvalue weighted by Crippen LogP contribution is -2.24. The highest BCUT2D eigenvalue weighted by atomic mass is 32.2. The third-order valence-electron chi connectivity index (χ3n) is 5.17. The van der Waals surface area contributed by atoms with E-state index in [1.807, 2.05) is 40.4 Å². The number of aromatic nitrogens is 4. The highest BCUT2D eigenvalue weighted by Crippen LogP contribution is 2.23. The number of para-hydroxylation sites is 1. The third kappa shape index (κ3) is 4.49. The lowest BCUT2D eigenvalue weighted by Gasteiger charge is -2.13. The quantitative estimate of drug-likeness (QED) is 0.316. The van der Waals surface area contributed by atoms with Crippen molar-refractivity contribution in [3.05, 3.63) is 87.5 Å². The van der Waals surface area contributed by atoms with E-state index in [4.69, 9.17) is 4.98 Å². The molecular weight excluding hydrogens is 392 g/mol. The Bertz CT molecular complexity index is 1220. The molecule has 2 aromatic heterocycles. The van der Waals surface area contributed by atoms with Gasteiger partial charge in [-0.3, -0.25) is 14.0 Å². The average Bonchev–Trinajstić information content (AvgIpc) is 3.06. The molecule has 0 fully saturated rings. The van der Waals surface area contributed by atoms with Crippen LogP contribution in [-0.2, 0) is 18.8 Å². The Hall–Kier alpha value is -2.86. The van der Waals surface area contributed by atoms with Gasteiger partial charge in [-0.1, -0.05) is 53.7 Å². The minimum absolute atomic E-state index is 0.0281. The Balaban J connectivity index is 1.59. The minimum Gasteiger partial charge on any atom is -0.287 e. The maximum Gasteiger partial charge on any atom is 0.262 e. The van der Waals surface area contributed by atoms with Crippen molar-refractivity contribution in [3.8, 4) is 0 Å². The van der Waals surface area contributed by atoms with E-state index in [0.717, 1.165) is 40.8 Å². The maximum absolute atomic E-state index is 13.2. The topological polar surface area (TPSA) is 52.7 Å². The van der Waals surface area contributed by atoms with Crippen molar-refractivity contribution in [2.24, 2.45) is 0 Å². The molecule has 0 radical (unpaired) electrons. The van der Waals surface area contributed by atoms with E-state index in [-0.39, 0.29) is 5.56 Å². The van der Waals surface area contributed by atoms with Gasteiger partial charge in [0.2, 0.25) is 0 Å². The summed E-state index contributed by atoms with van der Waals surface area (Å²) in [6, 6.07) is 18.2. The summed E-state index contributed by atoms with van der Waals surface area (Å²) >= 11 is 1.62. The Labute approximate surface area is 180 Å². The van der Waals surface area contributed by atoms with Gasteiger partial charge < -0.3 is 0 Å². The number of fused-ring (bicyclic) bond motifs is 1. The van der Waals surface area contributed by atoms with Gasteiger partial charge in [-0.15, -0.1) is 0 Å². The zero-order valence-electron chi connectivity index (χ0n) is 17.6. The van der Waals surface area contributed by atoms with Crippen molar-refractivity contribution in [2.75, 3.05) is 0 Å². The van der Waals surface area contributed by atoms with Gasteiger partial charge in [-0.2, -0.15) is 5.10 Å². The molecule has 4 rings (SSSR count). The molecule has 4 aromatic rings. The summed E-state index contributed by atoms with van der Waals surface area (Å²) in [7, 11) is 0. The smallest absolute Gasteiger partial charge is 0.262 e. The fourth-order valence-electron chi connectivity index (χ4n) is 3.57. The van der Waals surface area contributed by atoms with Crippen LogP contribution in [0.25, 0.3) is 10.9 Å². The van der Waals surface area contributed by atoms with E-state index in [0.29, 0.717) is 11.9 Å². The molecule has 0 aliphatic carbocycles. The number of aryl methyl sites for hydroxylation is 4. The molecule has 0 aliphatic heterocycles. The summed E-state index contributed by atoms with van der Waals surface area (Å²) < 4.78 is 3.83. The predicted molar refractivity (Wildman–Crippen MR) is 123 cm³/mol. The molecule has 5 nitrogen and oxygen atoms in total. The van der Waals surface area contributed by atoms with Gasteiger partial charge in [0.1, 0.15) is 0 Å². The number of hydrogen-bond acceptors (Lipinski definition) is 4. The van der Waals surface area contributed by atoms with Crippen molar-refractivity contribution in [2.45, 2.75) is 51.2 Å². The van der Waals surface area contributed by atoms with Crippen LogP contribution in [0, 0.1) is 20.8 Å². The third-order valence-corrected chi connectivity index (χ3v) is 6.22. The van der Waals surface area contributed by atoms with Gasteiger partial charge >= 0.3 is 0 Å². The Kier molecular flexibility index (Phi) is 6.04. The van der Waals surface area contributed by atoms with Crippen LogP contribution in [-0.4, -0.2) is 19.3 Å². The van der Waals surface area contributed by atoms with Crippen LogP contribution in [0.4, 0.5) is 0 Å². The van der Waals surface area contributed by atoms with E-state index < -0.39 is 0 Å². The number of rotatable bonds is 7. The normalized spacial score (nSPS) is 11.3. The van der Waals surface area contributed by atoms with Gasteiger partial charge in [0, 0.05) is 24.5 Å². The molecule has 30 heavy (non-hydrogen) atoms. The highest BCUT2D eigenvalue weighted by molar-refractivity contribution is 7.98. The van der Waals surface area contributed by atoms with Gasteiger partial charge in [0.25, 0.3) is 5.56 Å². The summed E-state index contributed by atoms with van der Waals surface area (Å²) in [4.78, 5) is 18.0. The molecule has 0 amide bonds. The lowest BCUT2D eigenvalue weighted by molar-refractivity contribution is 0.487. The van der Waals surface area contributed by atoms with Crippen molar-refractivity contribution >= 4 is 22.7 Å². The molecule has 0 N–H and O–H groups in total. The number of thioether (sulfide) groups is 1. The van der Waals surface area contributed by atoms with Crippen LogP contribution in [0.1, 0.15) is 28.9 Å².